The number of benzene rings is 2. The van der Waals surface area contributed by atoms with Crippen LogP contribution in [0.15, 0.2) is 66.7 Å². The number of thiophene rings is 1. The number of aryl methyl sites for hydroxylation is 1. The Kier molecular flexibility index (Phi) is 11.2. The summed E-state index contributed by atoms with van der Waals surface area (Å²) in [6.07, 6.45) is 0.121. The predicted molar refractivity (Wildman–Crippen MR) is 150 cm³/mol. The zero-order valence-electron chi connectivity index (χ0n) is 21.5. The van der Waals surface area contributed by atoms with Gasteiger partial charge >= 0.3 is 11.9 Å². The van der Waals surface area contributed by atoms with Gasteiger partial charge < -0.3 is 26.6 Å². The van der Waals surface area contributed by atoms with E-state index in [1.54, 1.807) is 11.3 Å². The van der Waals surface area contributed by atoms with Crippen molar-refractivity contribution in [1.82, 2.24) is 10.6 Å². The van der Waals surface area contributed by atoms with Gasteiger partial charge in [-0.2, -0.15) is 0 Å². The molecular weight excluding hydrogens is 518 g/mol. The molecule has 2 aromatic carbocycles. The number of rotatable bonds is 15. The van der Waals surface area contributed by atoms with Gasteiger partial charge in [0, 0.05) is 41.6 Å². The largest absolute Gasteiger partial charge is 0.481 e. The molecular formula is C29H33N3O6S. The first-order chi connectivity index (χ1) is 18.7. The van der Waals surface area contributed by atoms with Crippen molar-refractivity contribution in [3.05, 3.63) is 72.3 Å². The Bertz CT molecular complexity index is 1260. The van der Waals surface area contributed by atoms with Crippen LogP contribution in [0, 0.1) is 0 Å². The molecule has 0 fully saturated rings. The van der Waals surface area contributed by atoms with Crippen LogP contribution in [0.1, 0.15) is 37.7 Å². The molecule has 0 spiro atoms. The molecule has 0 aliphatic rings. The smallest absolute Gasteiger partial charge is 0.303 e. The normalized spacial score (nSPS) is 12.3. The fourth-order valence-corrected chi connectivity index (χ4v) is 5.01. The van der Waals surface area contributed by atoms with Gasteiger partial charge in [0.2, 0.25) is 11.8 Å². The van der Waals surface area contributed by atoms with Gasteiger partial charge in [0.1, 0.15) is 6.04 Å². The van der Waals surface area contributed by atoms with Crippen LogP contribution >= 0.6 is 11.3 Å². The highest BCUT2D eigenvalue weighted by atomic mass is 32.1. The third kappa shape index (κ3) is 9.66. The van der Waals surface area contributed by atoms with Gasteiger partial charge in [-0.3, -0.25) is 19.2 Å². The summed E-state index contributed by atoms with van der Waals surface area (Å²) < 4.78 is 0. The molecule has 1 heterocycles. The second-order valence-electron chi connectivity index (χ2n) is 9.15. The van der Waals surface area contributed by atoms with Crippen LogP contribution in [-0.4, -0.2) is 52.6 Å². The van der Waals surface area contributed by atoms with E-state index < -0.39 is 29.9 Å². The molecule has 2 atom stereocenters. The van der Waals surface area contributed by atoms with Gasteiger partial charge in [-0.05, 0) is 48.1 Å². The number of carbonyl (C=O) groups is 4. The third-order valence-electron chi connectivity index (χ3n) is 6.18. The van der Waals surface area contributed by atoms with Crippen LogP contribution in [-0.2, 0) is 25.6 Å². The zero-order chi connectivity index (χ0) is 28.2. The molecule has 2 unspecified atom stereocenters. The van der Waals surface area contributed by atoms with E-state index in [9.17, 15) is 19.2 Å². The Hall–Kier alpha value is -4.02. The van der Waals surface area contributed by atoms with E-state index in [1.165, 1.54) is 10.4 Å². The lowest BCUT2D eigenvalue weighted by Gasteiger charge is -2.22. The summed E-state index contributed by atoms with van der Waals surface area (Å²) in [7, 11) is 0. The first-order valence-electron chi connectivity index (χ1n) is 12.7. The van der Waals surface area contributed by atoms with Gasteiger partial charge in [-0.1, -0.05) is 54.6 Å². The van der Waals surface area contributed by atoms with E-state index in [1.807, 2.05) is 42.5 Å². The van der Waals surface area contributed by atoms with Crippen molar-refractivity contribution < 1.29 is 29.4 Å². The lowest BCUT2D eigenvalue weighted by molar-refractivity contribution is -0.139. The Morgan fingerprint density at radius 3 is 1.92 bits per heavy atom. The molecule has 9 nitrogen and oxygen atoms in total. The van der Waals surface area contributed by atoms with Gasteiger partial charge in [0.05, 0.1) is 0 Å². The molecule has 0 saturated heterocycles. The van der Waals surface area contributed by atoms with E-state index in [0.717, 1.165) is 16.0 Å². The molecule has 0 aliphatic carbocycles. The molecule has 0 bridgehead atoms. The average Bonchev–Trinajstić information content (AvgIpc) is 3.43. The maximum Gasteiger partial charge on any atom is 0.303 e. The quantitative estimate of drug-likeness (QED) is 0.193. The zero-order valence-corrected chi connectivity index (χ0v) is 22.3. The first-order valence-corrected chi connectivity index (χ1v) is 13.5. The highest BCUT2D eigenvalue weighted by Gasteiger charge is 2.24. The van der Waals surface area contributed by atoms with E-state index in [2.05, 4.69) is 34.9 Å². The fraction of sp³-hybridized carbons (Fsp3) is 0.310. The maximum absolute atomic E-state index is 12.7. The molecule has 39 heavy (non-hydrogen) atoms. The van der Waals surface area contributed by atoms with Gasteiger partial charge in [0.15, 0.2) is 0 Å². The number of nitrogens with two attached hydrogens (primary N) is 1. The number of carboxylic acids is 2. The monoisotopic (exact) mass is 551 g/mol. The van der Waals surface area contributed by atoms with Crippen molar-refractivity contribution in [2.75, 3.05) is 6.54 Å². The lowest BCUT2D eigenvalue weighted by Crippen LogP contribution is -2.51. The Balaban J connectivity index is 1.55. The summed E-state index contributed by atoms with van der Waals surface area (Å²) in [5.74, 6) is -3.07. The molecule has 1 aromatic heterocycles. The van der Waals surface area contributed by atoms with Crippen LogP contribution in [0.3, 0.4) is 0 Å². The average molecular weight is 552 g/mol. The van der Waals surface area contributed by atoms with E-state index in [-0.39, 0.29) is 44.6 Å². The maximum atomic E-state index is 12.7. The number of carboxylic acid groups (broad SMARTS) is 2. The molecule has 0 aliphatic heterocycles. The third-order valence-corrected chi connectivity index (χ3v) is 7.36. The standard InChI is InChI=1S/C29H33N3O6S/c30-18-22(11-16-27(34)35)31-29(38)23(12-17-28(36)37)32-26(33)15-8-19-6-9-21(10-7-19)25-14-13-24(39-25)20-4-2-1-3-5-20/h1-7,9-10,13-14,22-23H,8,11-12,15-18,30H2,(H,31,38)(H,32,33)(H,34,35)(H,36,37). The van der Waals surface area contributed by atoms with Crippen LogP contribution in [0.5, 0.6) is 0 Å². The lowest BCUT2D eigenvalue weighted by atomic mass is 10.1. The van der Waals surface area contributed by atoms with Crippen molar-refractivity contribution in [2.45, 2.75) is 50.6 Å². The van der Waals surface area contributed by atoms with Crippen LogP contribution in [0.4, 0.5) is 0 Å². The van der Waals surface area contributed by atoms with Gasteiger partial charge in [-0.25, -0.2) is 0 Å². The highest BCUT2D eigenvalue weighted by molar-refractivity contribution is 7.18. The fourth-order valence-electron chi connectivity index (χ4n) is 4.00. The van der Waals surface area contributed by atoms with Crippen molar-refractivity contribution in [1.29, 1.82) is 0 Å². The molecule has 0 radical (unpaired) electrons. The Morgan fingerprint density at radius 2 is 1.33 bits per heavy atom. The first kappa shape index (κ1) is 29.5. The summed E-state index contributed by atoms with van der Waals surface area (Å²) in [6.45, 7) is 0.0215. The number of hydrogen-bond donors (Lipinski definition) is 5. The molecule has 10 heteroatoms. The summed E-state index contributed by atoms with van der Waals surface area (Å²) in [4.78, 5) is 49.6. The van der Waals surface area contributed by atoms with E-state index >= 15 is 0 Å². The van der Waals surface area contributed by atoms with Crippen molar-refractivity contribution >= 4 is 35.1 Å². The number of carbonyl (C=O) groups excluding carboxylic acids is 2. The number of aliphatic carboxylic acids is 2. The highest BCUT2D eigenvalue weighted by Crippen LogP contribution is 2.34. The van der Waals surface area contributed by atoms with Crippen LogP contribution in [0.25, 0.3) is 20.9 Å². The van der Waals surface area contributed by atoms with E-state index in [4.69, 9.17) is 15.9 Å². The van der Waals surface area contributed by atoms with Gasteiger partial charge in [-0.15, -0.1) is 11.3 Å². The molecule has 2 amide bonds. The van der Waals surface area contributed by atoms with E-state index in [0.29, 0.717) is 6.42 Å². The summed E-state index contributed by atoms with van der Waals surface area (Å²) >= 11 is 1.71. The van der Waals surface area contributed by atoms with Crippen molar-refractivity contribution in [2.24, 2.45) is 5.73 Å². The molecule has 6 N–H and O–H groups in total. The molecule has 206 valence electrons. The summed E-state index contributed by atoms with van der Waals surface area (Å²) in [6, 6.07) is 20.7. The van der Waals surface area contributed by atoms with Crippen LogP contribution < -0.4 is 16.4 Å². The molecule has 3 rings (SSSR count). The number of hydrogen-bond acceptors (Lipinski definition) is 6. The Labute approximate surface area is 231 Å². The second kappa shape index (κ2) is 14.8. The van der Waals surface area contributed by atoms with Crippen molar-refractivity contribution in [3.8, 4) is 20.9 Å². The molecule has 3 aromatic rings. The minimum atomic E-state index is -1.09. The predicted octanol–water partition coefficient (Wildman–Crippen LogP) is 3.67. The Morgan fingerprint density at radius 1 is 0.744 bits per heavy atom. The van der Waals surface area contributed by atoms with Gasteiger partial charge in [0.25, 0.3) is 0 Å². The minimum Gasteiger partial charge on any atom is -0.481 e. The second-order valence-corrected chi connectivity index (χ2v) is 10.2. The minimum absolute atomic E-state index is 0.0215. The number of nitrogens with one attached hydrogen (secondary N) is 2. The number of amides is 2. The summed E-state index contributed by atoms with van der Waals surface area (Å²) in [5.41, 5.74) is 8.84. The molecule has 0 saturated carbocycles. The topological polar surface area (TPSA) is 159 Å². The summed E-state index contributed by atoms with van der Waals surface area (Å²) in [5, 5.41) is 23.1. The van der Waals surface area contributed by atoms with Crippen molar-refractivity contribution in [3.63, 3.8) is 0 Å². The van der Waals surface area contributed by atoms with Crippen LogP contribution in [0.2, 0.25) is 0 Å². The SMILES string of the molecule is NCC(CCC(=O)O)NC(=O)C(CCC(=O)O)NC(=O)CCc1ccc(-c2ccc(-c3ccccc3)s2)cc1.